The highest BCUT2D eigenvalue weighted by molar-refractivity contribution is 7.92. The van der Waals surface area contributed by atoms with Crippen molar-refractivity contribution in [3.63, 3.8) is 0 Å². The second-order valence-corrected chi connectivity index (χ2v) is 9.63. The zero-order chi connectivity index (χ0) is 16.7. The lowest BCUT2D eigenvalue weighted by atomic mass is 10.2. The number of sulfonamides is 1. The summed E-state index contributed by atoms with van der Waals surface area (Å²) in [5.41, 5.74) is -0.213. The zero-order valence-electron chi connectivity index (χ0n) is 11.6. The highest BCUT2D eigenvalue weighted by atomic mass is 35.5. The van der Waals surface area contributed by atoms with Crippen molar-refractivity contribution >= 4 is 37.4 Å². The second-order valence-electron chi connectivity index (χ2n) is 5.03. The molecule has 1 aliphatic heterocycles. The normalized spacial score (nSPS) is 21.1. The number of benzene rings is 1. The molecule has 1 N–H and O–H groups in total. The molecular weight excluding hydrogens is 354 g/mol. The van der Waals surface area contributed by atoms with E-state index in [4.69, 9.17) is 16.7 Å². The smallest absolute Gasteiger partial charge is 0.335 e. The molecule has 1 heterocycles. The molecule has 0 amide bonds. The summed E-state index contributed by atoms with van der Waals surface area (Å²) in [6, 6.07) is 2.68. The molecule has 0 radical (unpaired) electrons. The fourth-order valence-electron chi connectivity index (χ4n) is 2.25. The molecule has 0 bridgehead atoms. The lowest BCUT2D eigenvalue weighted by Crippen LogP contribution is -2.38. The second kappa shape index (κ2) is 5.80. The van der Waals surface area contributed by atoms with Gasteiger partial charge in [0.1, 0.15) is 4.90 Å². The number of nitrogens with zero attached hydrogens (tertiary/aromatic N) is 1. The number of rotatable bonds is 4. The van der Waals surface area contributed by atoms with Crippen LogP contribution in [-0.2, 0) is 19.9 Å². The van der Waals surface area contributed by atoms with E-state index in [0.717, 1.165) is 10.4 Å². The summed E-state index contributed by atoms with van der Waals surface area (Å²) in [7, 11) is -6.07. The molecule has 1 saturated heterocycles. The Morgan fingerprint density at radius 3 is 2.55 bits per heavy atom. The van der Waals surface area contributed by atoms with Crippen LogP contribution in [-0.4, -0.2) is 56.8 Å². The third kappa shape index (κ3) is 3.27. The van der Waals surface area contributed by atoms with Gasteiger partial charge in [0.05, 0.1) is 22.1 Å². The van der Waals surface area contributed by atoms with E-state index in [1.54, 1.807) is 0 Å². The van der Waals surface area contributed by atoms with Crippen molar-refractivity contribution in [2.45, 2.75) is 17.4 Å². The Morgan fingerprint density at radius 2 is 2.05 bits per heavy atom. The number of carbonyl (C=O) groups is 1. The molecule has 10 heteroatoms. The lowest BCUT2D eigenvalue weighted by molar-refractivity contribution is 0.0696. The van der Waals surface area contributed by atoms with Crippen LogP contribution in [0, 0.1) is 0 Å². The maximum absolute atomic E-state index is 12.6. The van der Waals surface area contributed by atoms with Crippen molar-refractivity contribution < 1.29 is 26.7 Å². The molecular formula is C12H14ClNO6S2. The van der Waals surface area contributed by atoms with Gasteiger partial charge in [0.15, 0.2) is 9.84 Å². The summed E-state index contributed by atoms with van der Waals surface area (Å²) in [4.78, 5) is 10.6. The van der Waals surface area contributed by atoms with Crippen LogP contribution >= 0.6 is 11.6 Å². The lowest BCUT2D eigenvalue weighted by Gasteiger charge is -2.23. The Kier molecular flexibility index (Phi) is 4.54. The summed E-state index contributed by atoms with van der Waals surface area (Å²) in [5.74, 6) is -1.60. The van der Waals surface area contributed by atoms with Crippen LogP contribution in [0.4, 0.5) is 0 Å². The highest BCUT2D eigenvalue weighted by Gasteiger charge is 2.37. The average molecular weight is 368 g/mol. The SMILES string of the molecule is CN([C@@H]1CCS(=O)(=O)C1)S(=O)(=O)c1cc(C(=O)O)ccc1Cl. The first-order chi connectivity index (χ1) is 10.0. The maximum atomic E-state index is 12.6. The molecule has 1 aromatic rings. The van der Waals surface area contributed by atoms with Crippen molar-refractivity contribution in [1.29, 1.82) is 0 Å². The van der Waals surface area contributed by atoms with Crippen LogP contribution in [0.2, 0.25) is 5.02 Å². The van der Waals surface area contributed by atoms with E-state index in [1.807, 2.05) is 0 Å². The van der Waals surface area contributed by atoms with Gasteiger partial charge in [-0.15, -0.1) is 0 Å². The highest BCUT2D eigenvalue weighted by Crippen LogP contribution is 2.28. The summed E-state index contributed by atoms with van der Waals surface area (Å²) in [5, 5.41) is 8.84. The standard InChI is InChI=1S/C12H14ClNO6S2/c1-14(9-4-5-21(17,18)7-9)22(19,20)11-6-8(12(15)16)2-3-10(11)13/h2-3,6,9H,4-5,7H2,1H3,(H,15,16)/t9-/m1/s1. The molecule has 1 aromatic carbocycles. The Morgan fingerprint density at radius 1 is 1.41 bits per heavy atom. The Balaban J connectivity index is 2.42. The maximum Gasteiger partial charge on any atom is 0.335 e. The van der Waals surface area contributed by atoms with Crippen molar-refractivity contribution in [2.24, 2.45) is 0 Å². The van der Waals surface area contributed by atoms with Gasteiger partial charge in [0.25, 0.3) is 0 Å². The van der Waals surface area contributed by atoms with Crippen molar-refractivity contribution in [3.05, 3.63) is 28.8 Å². The third-order valence-corrected chi connectivity index (χ3v) is 7.70. The van der Waals surface area contributed by atoms with Gasteiger partial charge in [-0.05, 0) is 24.6 Å². The molecule has 0 aliphatic carbocycles. The molecule has 0 unspecified atom stereocenters. The van der Waals surface area contributed by atoms with Crippen molar-refractivity contribution in [1.82, 2.24) is 4.31 Å². The summed E-state index contributed by atoms with van der Waals surface area (Å²) in [6.45, 7) is 0. The van der Waals surface area contributed by atoms with Gasteiger partial charge in [0.2, 0.25) is 10.0 Å². The summed E-state index contributed by atoms with van der Waals surface area (Å²) in [6.07, 6.45) is 0.203. The molecule has 1 atom stereocenters. The molecule has 2 rings (SSSR count). The number of carboxylic acid groups (broad SMARTS) is 1. The summed E-state index contributed by atoms with van der Waals surface area (Å²) >= 11 is 5.88. The molecule has 7 nitrogen and oxygen atoms in total. The van der Waals surface area contributed by atoms with E-state index in [9.17, 15) is 21.6 Å². The fraction of sp³-hybridized carbons (Fsp3) is 0.417. The minimum absolute atomic E-state index is 0.0690. The van der Waals surface area contributed by atoms with E-state index >= 15 is 0 Å². The molecule has 22 heavy (non-hydrogen) atoms. The van der Waals surface area contributed by atoms with E-state index in [1.165, 1.54) is 19.2 Å². The summed E-state index contributed by atoms with van der Waals surface area (Å²) < 4.78 is 49.1. The van der Waals surface area contributed by atoms with E-state index in [0.29, 0.717) is 0 Å². The van der Waals surface area contributed by atoms with Gasteiger partial charge in [-0.2, -0.15) is 4.31 Å². The zero-order valence-corrected chi connectivity index (χ0v) is 13.9. The minimum Gasteiger partial charge on any atom is -0.478 e. The van der Waals surface area contributed by atoms with E-state index in [2.05, 4.69) is 0 Å². The Labute approximate surface area is 133 Å². The van der Waals surface area contributed by atoms with Crippen LogP contribution < -0.4 is 0 Å². The van der Waals surface area contributed by atoms with Gasteiger partial charge >= 0.3 is 5.97 Å². The van der Waals surface area contributed by atoms with E-state index in [-0.39, 0.29) is 33.4 Å². The predicted molar refractivity (Wildman–Crippen MR) is 80.4 cm³/mol. The van der Waals surface area contributed by atoms with Crippen molar-refractivity contribution in [3.8, 4) is 0 Å². The molecule has 0 aromatic heterocycles. The van der Waals surface area contributed by atoms with Crippen LogP contribution in [0.1, 0.15) is 16.8 Å². The largest absolute Gasteiger partial charge is 0.478 e. The average Bonchev–Trinajstić information content (AvgIpc) is 2.78. The predicted octanol–water partition coefficient (Wildman–Crippen LogP) is 0.846. The van der Waals surface area contributed by atoms with Crippen LogP contribution in [0.5, 0.6) is 0 Å². The molecule has 0 saturated carbocycles. The van der Waals surface area contributed by atoms with Gasteiger partial charge < -0.3 is 5.11 Å². The Bertz CT molecular complexity index is 818. The first-order valence-corrected chi connectivity index (χ1v) is 9.90. The minimum atomic E-state index is -4.09. The topological polar surface area (TPSA) is 109 Å². The molecule has 122 valence electrons. The Hall–Kier alpha value is -1.16. The van der Waals surface area contributed by atoms with Gasteiger partial charge in [-0.25, -0.2) is 21.6 Å². The molecule has 1 fully saturated rings. The molecule has 1 aliphatic rings. The molecule has 0 spiro atoms. The van der Waals surface area contributed by atoms with Gasteiger partial charge in [-0.3, -0.25) is 0 Å². The number of halogens is 1. The first-order valence-electron chi connectivity index (χ1n) is 6.26. The monoisotopic (exact) mass is 367 g/mol. The van der Waals surface area contributed by atoms with Crippen LogP contribution in [0.25, 0.3) is 0 Å². The number of hydrogen-bond donors (Lipinski definition) is 1. The first kappa shape index (κ1) is 17.2. The number of aromatic carboxylic acids is 1. The van der Waals surface area contributed by atoms with Crippen LogP contribution in [0.3, 0.4) is 0 Å². The van der Waals surface area contributed by atoms with Crippen molar-refractivity contribution in [2.75, 3.05) is 18.6 Å². The van der Waals surface area contributed by atoms with Gasteiger partial charge in [0, 0.05) is 13.1 Å². The number of carboxylic acids is 1. The third-order valence-electron chi connectivity index (χ3n) is 3.56. The number of hydrogen-bond acceptors (Lipinski definition) is 5. The van der Waals surface area contributed by atoms with Crippen LogP contribution in [0.15, 0.2) is 23.1 Å². The number of sulfone groups is 1. The van der Waals surface area contributed by atoms with Gasteiger partial charge in [-0.1, -0.05) is 11.6 Å². The quantitative estimate of drug-likeness (QED) is 0.844. The van der Waals surface area contributed by atoms with E-state index < -0.39 is 31.9 Å². The fourth-order valence-corrected chi connectivity index (χ4v) is 6.00.